The normalized spacial score (nSPS) is 9.44. The Morgan fingerprint density at radius 1 is 1.44 bits per heavy atom. The Morgan fingerprint density at radius 2 is 2.33 bits per heavy atom. The van der Waals surface area contributed by atoms with Crippen molar-refractivity contribution >= 4 is 0 Å². The fourth-order valence-electron chi connectivity index (χ4n) is 0.607. The van der Waals surface area contributed by atoms with E-state index in [1.165, 1.54) is 0 Å². The zero-order valence-corrected chi connectivity index (χ0v) is 5.12. The summed E-state index contributed by atoms with van der Waals surface area (Å²) in [6, 6.07) is 0. The van der Waals surface area contributed by atoms with Crippen LogP contribution in [0.1, 0.15) is 12.1 Å². The molecule has 0 atom stereocenters. The maximum atomic E-state index is 5.29. The van der Waals surface area contributed by atoms with E-state index in [0.29, 0.717) is 6.42 Å². The molecule has 1 aromatic heterocycles. The minimum absolute atomic E-state index is 0.638. The van der Waals surface area contributed by atoms with Crippen LogP contribution >= 0.6 is 0 Å². The summed E-state index contributed by atoms with van der Waals surface area (Å²) in [6.07, 6.45) is 6.50. The van der Waals surface area contributed by atoms with Crippen molar-refractivity contribution in [1.82, 2.24) is 9.97 Å². The molecule has 2 nitrogen and oxygen atoms in total. The van der Waals surface area contributed by atoms with Crippen molar-refractivity contribution in [3.05, 3.63) is 31.2 Å². The van der Waals surface area contributed by atoms with Crippen LogP contribution in [0.15, 0.2) is 18.6 Å². The zero-order valence-electron chi connectivity index (χ0n) is 5.12. The zero-order chi connectivity index (χ0) is 6.53. The molecule has 0 amide bonds. The number of aryl methyl sites for hydroxylation is 1. The fraction of sp³-hybridized carbons (Fsp3) is 0.286. The van der Waals surface area contributed by atoms with Gasteiger partial charge in [0.05, 0.1) is 5.69 Å². The van der Waals surface area contributed by atoms with Gasteiger partial charge in [-0.25, -0.2) is 0 Å². The van der Waals surface area contributed by atoms with Crippen LogP contribution in [-0.2, 0) is 6.42 Å². The predicted molar refractivity (Wildman–Crippen MR) is 34.7 cm³/mol. The minimum Gasteiger partial charge on any atom is -0.261 e. The van der Waals surface area contributed by atoms with Gasteiger partial charge in [-0.15, -0.1) is 0 Å². The van der Waals surface area contributed by atoms with E-state index in [4.69, 9.17) is 6.92 Å². The molecule has 0 aliphatic rings. The first-order valence-electron chi connectivity index (χ1n) is 2.88. The molecule has 46 valence electrons. The average Bonchev–Trinajstić information content (AvgIpc) is 1.91. The van der Waals surface area contributed by atoms with Crippen LogP contribution < -0.4 is 0 Å². The summed E-state index contributed by atoms with van der Waals surface area (Å²) in [4.78, 5) is 7.91. The van der Waals surface area contributed by atoms with Gasteiger partial charge in [0.1, 0.15) is 0 Å². The van der Waals surface area contributed by atoms with Gasteiger partial charge in [-0.05, 0) is 19.8 Å². The summed E-state index contributed by atoms with van der Waals surface area (Å²) in [5, 5.41) is 0. The average molecular weight is 120 g/mol. The number of nitrogens with zero attached hydrogens (tertiary/aromatic N) is 2. The predicted octanol–water partition coefficient (Wildman–Crippen LogP) is 1.12. The third-order valence-electron chi connectivity index (χ3n) is 1.02. The highest BCUT2D eigenvalue weighted by atomic mass is 14.8. The molecule has 0 aromatic carbocycles. The quantitative estimate of drug-likeness (QED) is 0.584. The lowest BCUT2D eigenvalue weighted by atomic mass is 10.3. The Balaban J connectivity index is 2.61. The monoisotopic (exact) mass is 120 g/mol. The summed E-state index contributed by atoms with van der Waals surface area (Å²) in [5.74, 6) is 0. The molecule has 1 aromatic rings. The van der Waals surface area contributed by atoms with Crippen LogP contribution in [0.4, 0.5) is 0 Å². The van der Waals surface area contributed by atoms with Crippen molar-refractivity contribution in [2.24, 2.45) is 0 Å². The van der Waals surface area contributed by atoms with Crippen LogP contribution in [0.5, 0.6) is 0 Å². The standard InChI is InChI=1S/C7H8N2/c1-2-3-7-6-8-4-5-9-7/h1,4-6H,2-3H2. The van der Waals surface area contributed by atoms with Gasteiger partial charge in [-0.2, -0.15) is 0 Å². The molecule has 2 radical (unpaired) electrons. The molecule has 0 saturated heterocycles. The number of hydrogen-bond donors (Lipinski definition) is 0. The molecular weight excluding hydrogens is 112 g/mol. The van der Waals surface area contributed by atoms with Crippen molar-refractivity contribution in [2.45, 2.75) is 12.8 Å². The van der Waals surface area contributed by atoms with Crippen LogP contribution in [-0.4, -0.2) is 9.97 Å². The highest BCUT2D eigenvalue weighted by Gasteiger charge is 1.87. The highest BCUT2D eigenvalue weighted by molar-refractivity contribution is 4.94. The van der Waals surface area contributed by atoms with E-state index in [9.17, 15) is 0 Å². The molecule has 1 heterocycles. The lowest BCUT2D eigenvalue weighted by molar-refractivity contribution is 0.923. The Labute approximate surface area is 55.0 Å². The van der Waals surface area contributed by atoms with E-state index in [1.807, 2.05) is 0 Å². The Kier molecular flexibility index (Phi) is 2.19. The van der Waals surface area contributed by atoms with Gasteiger partial charge in [0.2, 0.25) is 0 Å². The largest absolute Gasteiger partial charge is 0.261 e. The summed E-state index contributed by atoms with van der Waals surface area (Å²) < 4.78 is 0. The Hall–Kier alpha value is -0.920. The first-order chi connectivity index (χ1) is 4.43. The second kappa shape index (κ2) is 3.17. The summed E-state index contributed by atoms with van der Waals surface area (Å²) >= 11 is 0. The summed E-state index contributed by atoms with van der Waals surface area (Å²) in [6.45, 7) is 5.29. The molecule has 0 spiro atoms. The van der Waals surface area contributed by atoms with Crippen molar-refractivity contribution in [3.63, 3.8) is 0 Å². The molecule has 0 bridgehead atoms. The van der Waals surface area contributed by atoms with Crippen LogP contribution in [0.25, 0.3) is 0 Å². The van der Waals surface area contributed by atoms with E-state index in [0.717, 1.165) is 12.1 Å². The fourth-order valence-corrected chi connectivity index (χ4v) is 0.607. The van der Waals surface area contributed by atoms with E-state index >= 15 is 0 Å². The molecular formula is C7H8N2. The third kappa shape index (κ3) is 1.80. The molecule has 0 unspecified atom stereocenters. The molecule has 2 heteroatoms. The first-order valence-corrected chi connectivity index (χ1v) is 2.88. The van der Waals surface area contributed by atoms with Crippen LogP contribution in [0, 0.1) is 6.92 Å². The van der Waals surface area contributed by atoms with Gasteiger partial charge in [0.15, 0.2) is 0 Å². The first kappa shape index (κ1) is 6.20. The molecule has 0 fully saturated rings. The van der Waals surface area contributed by atoms with Gasteiger partial charge < -0.3 is 0 Å². The maximum Gasteiger partial charge on any atom is 0.0586 e. The molecule has 0 aliphatic carbocycles. The highest BCUT2D eigenvalue weighted by Crippen LogP contribution is 1.93. The molecule has 0 N–H and O–H groups in total. The SMILES string of the molecule is [CH]CCc1cnccn1. The smallest absolute Gasteiger partial charge is 0.0586 e. The lowest BCUT2D eigenvalue weighted by Crippen LogP contribution is -1.87. The second-order valence-electron chi connectivity index (χ2n) is 1.74. The van der Waals surface area contributed by atoms with E-state index in [2.05, 4.69) is 9.97 Å². The van der Waals surface area contributed by atoms with Crippen LogP contribution in [0.2, 0.25) is 0 Å². The van der Waals surface area contributed by atoms with Gasteiger partial charge in [0.25, 0.3) is 0 Å². The van der Waals surface area contributed by atoms with Crippen molar-refractivity contribution < 1.29 is 0 Å². The molecule has 1 rings (SSSR count). The Bertz CT molecular complexity index is 160. The number of hydrogen-bond acceptors (Lipinski definition) is 2. The van der Waals surface area contributed by atoms with E-state index in [1.54, 1.807) is 18.6 Å². The summed E-state index contributed by atoms with van der Waals surface area (Å²) in [5.41, 5.74) is 0.958. The van der Waals surface area contributed by atoms with Crippen molar-refractivity contribution in [3.8, 4) is 0 Å². The van der Waals surface area contributed by atoms with Crippen molar-refractivity contribution in [1.29, 1.82) is 0 Å². The van der Waals surface area contributed by atoms with E-state index in [-0.39, 0.29) is 0 Å². The third-order valence-corrected chi connectivity index (χ3v) is 1.02. The maximum absolute atomic E-state index is 5.29. The number of aromatic nitrogens is 2. The number of rotatable bonds is 2. The van der Waals surface area contributed by atoms with Gasteiger partial charge >= 0.3 is 0 Å². The van der Waals surface area contributed by atoms with Gasteiger partial charge in [-0.3, -0.25) is 9.97 Å². The second-order valence-corrected chi connectivity index (χ2v) is 1.74. The Morgan fingerprint density at radius 3 is 2.89 bits per heavy atom. The topological polar surface area (TPSA) is 25.8 Å². The molecule has 0 saturated carbocycles. The lowest BCUT2D eigenvalue weighted by Gasteiger charge is -1.91. The van der Waals surface area contributed by atoms with Crippen molar-refractivity contribution in [2.75, 3.05) is 0 Å². The minimum atomic E-state index is 0.638. The van der Waals surface area contributed by atoms with E-state index < -0.39 is 0 Å². The van der Waals surface area contributed by atoms with Gasteiger partial charge in [-0.1, -0.05) is 0 Å². The molecule has 9 heavy (non-hydrogen) atoms. The summed E-state index contributed by atoms with van der Waals surface area (Å²) in [7, 11) is 0. The van der Waals surface area contributed by atoms with Crippen LogP contribution in [0.3, 0.4) is 0 Å². The van der Waals surface area contributed by atoms with Gasteiger partial charge in [0, 0.05) is 18.6 Å². The molecule has 0 aliphatic heterocycles.